The number of nitrogens with zero attached hydrogens (tertiary/aromatic N) is 1. The van der Waals surface area contributed by atoms with E-state index in [1.807, 2.05) is 47.6 Å². The minimum absolute atomic E-state index is 0.121. The Bertz CT molecular complexity index is 2360. The van der Waals surface area contributed by atoms with E-state index in [9.17, 15) is 23.5 Å². The summed E-state index contributed by atoms with van der Waals surface area (Å²) in [7, 11) is -5.71. The second-order valence-electron chi connectivity index (χ2n) is 20.7. The van der Waals surface area contributed by atoms with Crippen LogP contribution in [0.1, 0.15) is 95.6 Å². The Balaban J connectivity index is 0.000000391. The summed E-state index contributed by atoms with van der Waals surface area (Å²) in [5.41, 5.74) is 8.12. The number of allylic oxidation sites excluding steroid dienone is 2. The molecule has 2 aliphatic rings. The number of nitrogens with one attached hydrogen (secondary N) is 1. The second kappa shape index (κ2) is 30.2. The predicted molar refractivity (Wildman–Crippen MR) is 298 cm³/mol. The quantitative estimate of drug-likeness (QED) is 0.0177. The highest BCUT2D eigenvalue weighted by Crippen LogP contribution is 2.49. The minimum atomic E-state index is -3.25. The average Bonchev–Trinajstić information content (AvgIpc) is 3.91. The molecular weight excluding hydrogens is 1020 g/mol. The van der Waals surface area contributed by atoms with Crippen molar-refractivity contribution in [3.63, 3.8) is 0 Å². The lowest BCUT2D eigenvalue weighted by Crippen LogP contribution is -2.27. The molecule has 2 aromatic rings. The summed E-state index contributed by atoms with van der Waals surface area (Å²) in [5.74, 6) is 1.80. The van der Waals surface area contributed by atoms with Crippen LogP contribution in [0.15, 0.2) is 23.3 Å². The van der Waals surface area contributed by atoms with E-state index in [4.69, 9.17) is 46.5 Å². The summed E-state index contributed by atoms with van der Waals surface area (Å²) < 4.78 is 81.6. The normalized spacial score (nSPS) is 13.9. The fraction of sp³-hybridized carbons (Fsp3) is 0.642. The zero-order valence-corrected chi connectivity index (χ0v) is 51.2. The maximum atomic E-state index is 12.8. The number of esters is 2. The summed E-state index contributed by atoms with van der Waals surface area (Å²) in [6.45, 7) is 33.2. The molecule has 0 spiro atoms. The van der Waals surface area contributed by atoms with Crippen molar-refractivity contribution >= 4 is 49.7 Å². The Morgan fingerprint density at radius 1 is 0.649 bits per heavy atom. The molecule has 0 bridgehead atoms. The fourth-order valence-electron chi connectivity index (χ4n) is 8.31. The molecule has 17 nitrogen and oxygen atoms in total. The molecule has 1 amide bonds. The lowest BCUT2D eigenvalue weighted by Gasteiger charge is -2.23. The number of amides is 1. The predicted octanol–water partition coefficient (Wildman–Crippen LogP) is 11.3. The lowest BCUT2D eigenvalue weighted by atomic mass is 9.94. The number of carbonyl (C=O) groups excluding carboxylic acids is 3. The molecule has 4 rings (SSSR count). The van der Waals surface area contributed by atoms with E-state index >= 15 is 0 Å². The van der Waals surface area contributed by atoms with Gasteiger partial charge >= 0.3 is 27.1 Å². The average molecular weight is 1110 g/mol. The molecule has 418 valence electrons. The molecular formula is C53H88N2O15P2Si2. The highest BCUT2D eigenvalue weighted by atomic mass is 31.2. The van der Waals surface area contributed by atoms with Crippen LogP contribution >= 0.6 is 15.2 Å². The van der Waals surface area contributed by atoms with Gasteiger partial charge in [0, 0.05) is 64.6 Å². The van der Waals surface area contributed by atoms with Crippen molar-refractivity contribution in [1.82, 2.24) is 10.2 Å². The van der Waals surface area contributed by atoms with Crippen LogP contribution in [0.25, 0.3) is 0 Å². The Morgan fingerprint density at radius 3 is 1.43 bits per heavy atom. The SMILES string of the molecule is CCOP(=O)(CCN(C=O)C/C(C)=C/Cc1c(OC)c(C)c2c(c1OCC[Si](C)(C)C)C(=O)OC2)OCC.CCOP(=O)(CCNC/C(C)=C/Cc1c(OC)c(C)c2c(c1OCC[Si](C)(C)C)C(=O)OC2)OCC. The van der Waals surface area contributed by atoms with Gasteiger partial charge in [-0.3, -0.25) is 13.9 Å². The zero-order chi connectivity index (χ0) is 55.4. The third-order valence-corrected chi connectivity index (χ3v) is 19.8. The Morgan fingerprint density at radius 2 is 1.05 bits per heavy atom. The molecule has 0 saturated heterocycles. The summed E-state index contributed by atoms with van der Waals surface area (Å²) in [6, 6.07) is 1.93. The summed E-state index contributed by atoms with van der Waals surface area (Å²) in [4.78, 5) is 38.6. The minimum Gasteiger partial charge on any atom is -0.496 e. The number of carbonyl (C=O) groups is 3. The van der Waals surface area contributed by atoms with Crippen LogP contribution in [-0.2, 0) is 67.5 Å². The molecule has 1 N–H and O–H groups in total. The Kier molecular flexibility index (Phi) is 26.4. The standard InChI is InChI=1S/C27H44NO8PSi.C26H44NO7PSi/c1-9-35-37(31,36-10-2)15-13-28(19-29)17-20(3)11-12-22-25(32-5)21(4)23-18-34-27(30)24(23)26(22)33-14-16-38(6,7)8;1-9-33-35(29,34-10-2)15-13-27-17-19(3)11-12-21-24(30-5)20(4)22-18-32-26(28)23(22)25(21)31-14-16-36(6,7)8/h11,19H,9-10,12-18H2,1-8H3;11,27H,9-10,12-18H2,1-8H3/b20-11+;19-11+. The van der Waals surface area contributed by atoms with Crippen LogP contribution in [0.4, 0.5) is 0 Å². The van der Waals surface area contributed by atoms with Crippen LogP contribution in [-0.4, -0.2) is 132 Å². The van der Waals surface area contributed by atoms with Gasteiger partial charge in [-0.2, -0.15) is 0 Å². The number of methoxy groups -OCH3 is 2. The molecule has 0 unspecified atom stereocenters. The van der Waals surface area contributed by atoms with Crippen LogP contribution in [0.2, 0.25) is 51.4 Å². The first-order valence-corrected chi connectivity index (χ1v) is 36.7. The number of hydrogen-bond acceptors (Lipinski definition) is 16. The third-order valence-electron chi connectivity index (χ3n) is 12.3. The first-order chi connectivity index (χ1) is 34.8. The second-order valence-corrected chi connectivity index (χ2v) is 36.3. The molecule has 74 heavy (non-hydrogen) atoms. The fourth-order valence-corrected chi connectivity index (χ4v) is 12.9. The number of ether oxygens (including phenoxy) is 6. The topological polar surface area (TPSA) is 193 Å². The number of cyclic esters (lactones) is 2. The molecule has 0 saturated carbocycles. The van der Waals surface area contributed by atoms with Gasteiger partial charge in [-0.15, -0.1) is 0 Å². The number of benzene rings is 2. The van der Waals surface area contributed by atoms with Crippen molar-refractivity contribution in [3.8, 4) is 23.0 Å². The summed E-state index contributed by atoms with van der Waals surface area (Å²) in [5, 5.41) is 3.32. The third kappa shape index (κ3) is 19.4. The highest BCUT2D eigenvalue weighted by molar-refractivity contribution is 7.54. The van der Waals surface area contributed by atoms with Gasteiger partial charge in [-0.1, -0.05) is 62.6 Å². The molecule has 2 aliphatic heterocycles. The summed E-state index contributed by atoms with van der Waals surface area (Å²) >= 11 is 0. The molecule has 0 aliphatic carbocycles. The van der Waals surface area contributed by atoms with Crippen molar-refractivity contribution in [1.29, 1.82) is 0 Å². The Hall–Kier alpha value is -3.78. The van der Waals surface area contributed by atoms with E-state index < -0.39 is 31.3 Å². The molecule has 0 fully saturated rings. The highest BCUT2D eigenvalue weighted by Gasteiger charge is 2.35. The van der Waals surface area contributed by atoms with E-state index in [1.165, 1.54) is 0 Å². The van der Waals surface area contributed by atoms with Gasteiger partial charge in [-0.05, 0) is 91.4 Å². The molecule has 21 heteroatoms. The van der Waals surface area contributed by atoms with E-state index in [-0.39, 0.29) is 51.1 Å². The van der Waals surface area contributed by atoms with Gasteiger partial charge in [0.15, 0.2) is 0 Å². The van der Waals surface area contributed by atoms with Gasteiger partial charge in [0.2, 0.25) is 6.41 Å². The van der Waals surface area contributed by atoms with Gasteiger partial charge < -0.3 is 56.7 Å². The smallest absolute Gasteiger partial charge is 0.342 e. The van der Waals surface area contributed by atoms with Crippen LogP contribution in [0.3, 0.4) is 0 Å². The first-order valence-electron chi connectivity index (χ1n) is 25.9. The molecule has 0 radical (unpaired) electrons. The maximum absolute atomic E-state index is 12.8. The first kappa shape index (κ1) is 64.5. The van der Waals surface area contributed by atoms with Crippen molar-refractivity contribution in [3.05, 3.63) is 67.8 Å². The van der Waals surface area contributed by atoms with Crippen LogP contribution in [0.5, 0.6) is 23.0 Å². The van der Waals surface area contributed by atoms with E-state index in [2.05, 4.69) is 50.7 Å². The summed E-state index contributed by atoms with van der Waals surface area (Å²) in [6.07, 6.45) is 6.27. The largest absolute Gasteiger partial charge is 0.496 e. The maximum Gasteiger partial charge on any atom is 0.342 e. The Labute approximate surface area is 444 Å². The number of rotatable bonds is 33. The van der Waals surface area contributed by atoms with E-state index in [0.29, 0.717) is 93.4 Å². The van der Waals surface area contributed by atoms with E-state index in [0.717, 1.165) is 68.8 Å². The monoisotopic (exact) mass is 1110 g/mol. The van der Waals surface area contributed by atoms with E-state index in [1.54, 1.807) is 33.0 Å². The number of hydrogen-bond donors (Lipinski definition) is 1. The van der Waals surface area contributed by atoms with Crippen molar-refractivity contribution < 1.29 is 70.0 Å². The van der Waals surface area contributed by atoms with Gasteiger partial charge in [0.25, 0.3) is 0 Å². The zero-order valence-electron chi connectivity index (χ0n) is 47.4. The molecule has 0 atom stereocenters. The van der Waals surface area contributed by atoms with Gasteiger partial charge in [0.1, 0.15) is 47.3 Å². The molecule has 2 aromatic carbocycles. The van der Waals surface area contributed by atoms with Crippen molar-refractivity contribution in [2.45, 2.75) is 133 Å². The van der Waals surface area contributed by atoms with Gasteiger partial charge in [-0.25, -0.2) is 9.59 Å². The van der Waals surface area contributed by atoms with Crippen molar-refractivity contribution in [2.24, 2.45) is 0 Å². The molecule has 2 heterocycles. The molecule has 0 aromatic heterocycles. The van der Waals surface area contributed by atoms with Crippen LogP contribution < -0.4 is 24.3 Å². The van der Waals surface area contributed by atoms with Crippen molar-refractivity contribution in [2.75, 3.05) is 92.4 Å². The number of fused-ring (bicyclic) bond motifs is 2. The lowest BCUT2D eigenvalue weighted by molar-refractivity contribution is -0.117. The van der Waals surface area contributed by atoms with Gasteiger partial charge in [0.05, 0.1) is 66.2 Å². The van der Waals surface area contributed by atoms with Crippen LogP contribution in [0, 0.1) is 13.8 Å².